The Morgan fingerprint density at radius 2 is 1.97 bits per heavy atom. The Hall–Kier alpha value is -2.31. The molecule has 5 rings (SSSR count). The van der Waals surface area contributed by atoms with Crippen LogP contribution >= 0.6 is 11.6 Å². The molecule has 0 amide bonds. The molecule has 3 fully saturated rings. The lowest BCUT2D eigenvalue weighted by atomic mass is 10.0. The lowest BCUT2D eigenvalue weighted by Crippen LogP contribution is -2.42. The summed E-state index contributed by atoms with van der Waals surface area (Å²) in [4.78, 5) is 19.5. The number of rotatable bonds is 8. The summed E-state index contributed by atoms with van der Waals surface area (Å²) in [7, 11) is 0. The van der Waals surface area contributed by atoms with Gasteiger partial charge in [0.25, 0.3) is 0 Å². The van der Waals surface area contributed by atoms with E-state index in [1.807, 2.05) is 18.2 Å². The summed E-state index contributed by atoms with van der Waals surface area (Å²) in [5.74, 6) is 1.38. The molecule has 0 bridgehead atoms. The third-order valence-corrected chi connectivity index (χ3v) is 7.62. The van der Waals surface area contributed by atoms with Crippen molar-refractivity contribution in [3.63, 3.8) is 0 Å². The topological polar surface area (TPSA) is 74.7 Å². The molecule has 7 heteroatoms. The Labute approximate surface area is 206 Å². The first-order valence-corrected chi connectivity index (χ1v) is 12.9. The van der Waals surface area contributed by atoms with Crippen LogP contribution in [0.4, 0.5) is 11.5 Å². The number of hydrogen-bond donors (Lipinski definition) is 2. The van der Waals surface area contributed by atoms with Gasteiger partial charge in [0.2, 0.25) is 0 Å². The van der Waals surface area contributed by atoms with Crippen molar-refractivity contribution >= 4 is 29.1 Å². The van der Waals surface area contributed by atoms with E-state index in [2.05, 4.69) is 42.3 Å². The summed E-state index contributed by atoms with van der Waals surface area (Å²) >= 11 is 6.37. The maximum absolute atomic E-state index is 12.0. The van der Waals surface area contributed by atoms with E-state index in [9.17, 15) is 9.90 Å². The van der Waals surface area contributed by atoms with E-state index in [1.165, 1.54) is 0 Å². The minimum atomic E-state index is -0.852. The number of halogens is 1. The Bertz CT molecular complexity index is 1040. The Morgan fingerprint density at radius 3 is 2.65 bits per heavy atom. The van der Waals surface area contributed by atoms with E-state index < -0.39 is 11.4 Å². The van der Waals surface area contributed by atoms with Crippen LogP contribution in [0.15, 0.2) is 47.2 Å². The fourth-order valence-corrected chi connectivity index (χ4v) is 5.36. The van der Waals surface area contributed by atoms with Crippen molar-refractivity contribution in [1.29, 1.82) is 0 Å². The van der Waals surface area contributed by atoms with Crippen LogP contribution in [0.3, 0.4) is 0 Å². The monoisotopic (exact) mass is 483 g/mol. The van der Waals surface area contributed by atoms with Crippen molar-refractivity contribution in [3.8, 4) is 0 Å². The van der Waals surface area contributed by atoms with Gasteiger partial charge < -0.3 is 20.1 Å². The molecule has 0 spiro atoms. The molecule has 0 aromatic carbocycles. The zero-order valence-electron chi connectivity index (χ0n) is 20.0. The second kappa shape index (κ2) is 9.38. The highest BCUT2D eigenvalue weighted by molar-refractivity contribution is 6.31. The zero-order chi connectivity index (χ0) is 23.9. The highest BCUT2D eigenvalue weighted by Crippen LogP contribution is 2.49. The highest BCUT2D eigenvalue weighted by atomic mass is 35.5. The van der Waals surface area contributed by atoms with Crippen LogP contribution < -0.4 is 10.2 Å². The Kier molecular flexibility index (Phi) is 6.47. The molecule has 1 saturated heterocycles. The molecule has 2 atom stereocenters. The van der Waals surface area contributed by atoms with Crippen molar-refractivity contribution in [2.75, 3.05) is 30.0 Å². The maximum Gasteiger partial charge on any atom is 0.315 e. The third kappa shape index (κ3) is 4.89. The number of aromatic nitrogens is 1. The zero-order valence-corrected chi connectivity index (χ0v) is 20.7. The number of carboxylic acids is 1. The average Bonchev–Trinajstić information content (AvgIpc) is 3.73. The van der Waals surface area contributed by atoms with Crippen molar-refractivity contribution in [3.05, 3.63) is 52.9 Å². The average molecular weight is 484 g/mol. The first kappa shape index (κ1) is 23.4. The first-order chi connectivity index (χ1) is 16.4. The van der Waals surface area contributed by atoms with Gasteiger partial charge in [0.15, 0.2) is 5.82 Å². The summed E-state index contributed by atoms with van der Waals surface area (Å²) in [5.41, 5.74) is 1.77. The molecule has 1 aromatic heterocycles. The van der Waals surface area contributed by atoms with Crippen molar-refractivity contribution in [2.24, 2.45) is 17.8 Å². The van der Waals surface area contributed by atoms with Gasteiger partial charge in [0.1, 0.15) is 5.41 Å². The molecule has 4 aliphatic rings. The standard InChI is InChI=1S/C27H34ClN3O3/c1-17(2)16-31(22-7-11-34-12-8-22)23-5-6-24(27(9-10-27)26(32)33)30-25(23)29-21-4-3-20(28)14-18-13-19(18)15-21/h3-6,14-15,17-19,22H,7-13,16H2,1-2H3,(H,29,30)(H,32,33). The number of aliphatic carboxylic acids is 1. The van der Waals surface area contributed by atoms with Crippen LogP contribution in [-0.4, -0.2) is 41.9 Å². The molecule has 2 unspecified atom stereocenters. The molecule has 2 N–H and O–H groups in total. The predicted molar refractivity (Wildman–Crippen MR) is 135 cm³/mol. The van der Waals surface area contributed by atoms with Gasteiger partial charge >= 0.3 is 5.97 Å². The smallest absolute Gasteiger partial charge is 0.315 e. The van der Waals surface area contributed by atoms with Gasteiger partial charge in [-0.3, -0.25) is 4.79 Å². The third-order valence-electron chi connectivity index (χ3n) is 7.37. The van der Waals surface area contributed by atoms with Gasteiger partial charge in [-0.1, -0.05) is 37.6 Å². The molecule has 6 nitrogen and oxygen atoms in total. The van der Waals surface area contributed by atoms with Crippen LogP contribution in [0.2, 0.25) is 0 Å². The summed E-state index contributed by atoms with van der Waals surface area (Å²) < 4.78 is 5.63. The molecule has 0 radical (unpaired) electrons. The van der Waals surface area contributed by atoms with E-state index in [-0.39, 0.29) is 0 Å². The van der Waals surface area contributed by atoms with Crippen LogP contribution in [0.1, 0.15) is 51.6 Å². The maximum atomic E-state index is 12.0. The van der Waals surface area contributed by atoms with Crippen molar-refractivity contribution in [1.82, 2.24) is 4.98 Å². The predicted octanol–water partition coefficient (Wildman–Crippen LogP) is 5.46. The van der Waals surface area contributed by atoms with E-state index in [0.29, 0.717) is 42.3 Å². The van der Waals surface area contributed by atoms with Crippen LogP contribution in [0.25, 0.3) is 0 Å². The molecule has 1 aliphatic heterocycles. The van der Waals surface area contributed by atoms with Gasteiger partial charge in [0, 0.05) is 36.5 Å². The Balaban J connectivity index is 1.54. The van der Waals surface area contributed by atoms with E-state index in [4.69, 9.17) is 21.3 Å². The van der Waals surface area contributed by atoms with E-state index >= 15 is 0 Å². The molecular formula is C27H34ClN3O3. The van der Waals surface area contributed by atoms with Crippen molar-refractivity contribution < 1.29 is 14.6 Å². The van der Waals surface area contributed by atoms with Gasteiger partial charge in [-0.2, -0.15) is 0 Å². The number of anilines is 2. The summed E-state index contributed by atoms with van der Waals surface area (Å²) in [5, 5.41) is 14.2. The van der Waals surface area contributed by atoms with Gasteiger partial charge in [-0.25, -0.2) is 4.98 Å². The molecular weight excluding hydrogens is 450 g/mol. The van der Waals surface area contributed by atoms with Gasteiger partial charge in [-0.15, -0.1) is 0 Å². The molecule has 34 heavy (non-hydrogen) atoms. The minimum Gasteiger partial charge on any atom is -0.481 e. The second-order valence-corrected chi connectivity index (χ2v) is 11.0. The number of ether oxygens (including phenoxy) is 1. The van der Waals surface area contributed by atoms with Crippen LogP contribution in [0, 0.1) is 17.8 Å². The lowest BCUT2D eigenvalue weighted by Gasteiger charge is -2.38. The number of fused-ring (bicyclic) bond motifs is 1. The minimum absolute atomic E-state index is 0.366. The lowest BCUT2D eigenvalue weighted by molar-refractivity contribution is -0.140. The fraction of sp³-hybridized carbons (Fsp3) is 0.556. The summed E-state index contributed by atoms with van der Waals surface area (Å²) in [6, 6.07) is 4.37. The Morgan fingerprint density at radius 1 is 1.24 bits per heavy atom. The number of hydrogen-bond acceptors (Lipinski definition) is 5. The van der Waals surface area contributed by atoms with E-state index in [1.54, 1.807) is 0 Å². The van der Waals surface area contributed by atoms with E-state index in [0.717, 1.165) is 61.3 Å². The number of nitrogens with one attached hydrogen (secondary N) is 1. The summed E-state index contributed by atoms with van der Waals surface area (Å²) in [6.07, 6.45) is 12.6. The largest absolute Gasteiger partial charge is 0.481 e. The first-order valence-electron chi connectivity index (χ1n) is 12.5. The second-order valence-electron chi connectivity index (χ2n) is 10.5. The molecule has 2 heterocycles. The molecule has 182 valence electrons. The molecule has 1 aromatic rings. The van der Waals surface area contributed by atoms with Crippen molar-refractivity contribution in [2.45, 2.75) is 57.4 Å². The van der Waals surface area contributed by atoms with Crippen LogP contribution in [-0.2, 0) is 14.9 Å². The number of allylic oxidation sites excluding steroid dienone is 5. The molecule has 2 saturated carbocycles. The number of pyridine rings is 1. The normalized spacial score (nSPS) is 25.5. The summed E-state index contributed by atoms with van der Waals surface area (Å²) in [6.45, 7) is 6.88. The number of carboxylic acid groups (broad SMARTS) is 1. The number of carbonyl (C=O) groups is 1. The van der Waals surface area contributed by atoms with Gasteiger partial charge in [-0.05, 0) is 74.1 Å². The quantitative estimate of drug-likeness (QED) is 0.511. The van der Waals surface area contributed by atoms with Crippen LogP contribution in [0.5, 0.6) is 0 Å². The number of nitrogens with zero attached hydrogens (tertiary/aromatic N) is 2. The molecule has 3 aliphatic carbocycles. The van der Waals surface area contributed by atoms with Gasteiger partial charge in [0.05, 0.1) is 11.4 Å². The SMILES string of the molecule is CC(C)CN(c1ccc(C2(C(=O)O)CC2)nc1NC1=CC2CC2C=C(Cl)C=C1)C1CCOCC1. The fourth-order valence-electron chi connectivity index (χ4n) is 5.14. The highest BCUT2D eigenvalue weighted by Gasteiger charge is 2.53.